The van der Waals surface area contributed by atoms with Crippen LogP contribution in [-0.4, -0.2) is 11.8 Å². The number of carbonyl (C=O) groups is 2. The Bertz CT molecular complexity index is 787. The Labute approximate surface area is 146 Å². The quantitative estimate of drug-likeness (QED) is 0.858. The summed E-state index contributed by atoms with van der Waals surface area (Å²) in [5.74, 6) is -1.05. The molecule has 4 nitrogen and oxygen atoms in total. The van der Waals surface area contributed by atoms with Gasteiger partial charge in [0.2, 0.25) is 11.8 Å². The molecule has 2 N–H and O–H groups in total. The largest absolute Gasteiger partial charge is 0.326 e. The van der Waals surface area contributed by atoms with Crippen LogP contribution in [0.5, 0.6) is 0 Å². The van der Waals surface area contributed by atoms with Crippen molar-refractivity contribution < 1.29 is 14.0 Å². The molecule has 2 atom stereocenters. The van der Waals surface area contributed by atoms with Crippen molar-refractivity contribution in [3.8, 4) is 0 Å². The number of nitrogens with one attached hydrogen (secondary N) is 2. The molecule has 3 rings (SSSR count). The molecule has 0 spiro atoms. The van der Waals surface area contributed by atoms with E-state index in [2.05, 4.69) is 24.5 Å². The molecule has 0 aliphatic heterocycles. The minimum Gasteiger partial charge on any atom is -0.326 e. The molecule has 1 aliphatic rings. The highest BCUT2D eigenvalue weighted by atomic mass is 19.1. The maximum atomic E-state index is 12.9. The Morgan fingerprint density at radius 3 is 2.20 bits per heavy atom. The number of anilines is 2. The van der Waals surface area contributed by atoms with Gasteiger partial charge in [-0.1, -0.05) is 32.0 Å². The van der Waals surface area contributed by atoms with Crippen molar-refractivity contribution >= 4 is 23.2 Å². The number of para-hydroxylation sites is 1. The Morgan fingerprint density at radius 2 is 1.56 bits per heavy atom. The van der Waals surface area contributed by atoms with Gasteiger partial charge in [0.25, 0.3) is 0 Å². The molecular weight excluding hydrogens is 319 g/mol. The van der Waals surface area contributed by atoms with E-state index in [1.807, 2.05) is 24.3 Å². The van der Waals surface area contributed by atoms with Gasteiger partial charge in [-0.25, -0.2) is 4.39 Å². The van der Waals surface area contributed by atoms with E-state index in [0.29, 0.717) is 18.0 Å². The predicted octanol–water partition coefficient (Wildman–Crippen LogP) is 4.16. The number of amides is 2. The van der Waals surface area contributed by atoms with Gasteiger partial charge in [0, 0.05) is 11.4 Å². The molecule has 0 heterocycles. The Kier molecular flexibility index (Phi) is 4.83. The van der Waals surface area contributed by atoms with Crippen LogP contribution < -0.4 is 10.6 Å². The minimum atomic E-state index is -0.356. The molecule has 0 radical (unpaired) electrons. The van der Waals surface area contributed by atoms with Gasteiger partial charge in [0.1, 0.15) is 5.82 Å². The average molecular weight is 340 g/mol. The van der Waals surface area contributed by atoms with Gasteiger partial charge >= 0.3 is 0 Å². The number of carbonyl (C=O) groups excluding carboxylic acids is 2. The van der Waals surface area contributed by atoms with E-state index in [9.17, 15) is 14.0 Å². The zero-order chi connectivity index (χ0) is 18.0. The first-order chi connectivity index (χ1) is 12.0. The SMILES string of the molecule is CC(C)c1ccccc1NC(=O)C1CC1C(=O)Nc1ccc(F)cc1. The van der Waals surface area contributed by atoms with E-state index in [1.54, 1.807) is 0 Å². The molecule has 5 heteroatoms. The zero-order valence-corrected chi connectivity index (χ0v) is 14.3. The van der Waals surface area contributed by atoms with Gasteiger partial charge < -0.3 is 10.6 Å². The molecular formula is C20H21FN2O2. The topological polar surface area (TPSA) is 58.2 Å². The molecule has 25 heavy (non-hydrogen) atoms. The Morgan fingerprint density at radius 1 is 0.960 bits per heavy atom. The lowest BCUT2D eigenvalue weighted by Crippen LogP contribution is -2.21. The minimum absolute atomic E-state index is 0.132. The first-order valence-corrected chi connectivity index (χ1v) is 8.42. The van der Waals surface area contributed by atoms with Crippen molar-refractivity contribution in [2.45, 2.75) is 26.2 Å². The summed E-state index contributed by atoms with van der Waals surface area (Å²) in [5, 5.41) is 5.67. The average Bonchev–Trinajstić information content (AvgIpc) is 3.38. The number of hydrogen-bond donors (Lipinski definition) is 2. The molecule has 1 aliphatic carbocycles. The summed E-state index contributed by atoms with van der Waals surface area (Å²) in [7, 11) is 0. The molecule has 2 aromatic rings. The smallest absolute Gasteiger partial charge is 0.228 e. The van der Waals surface area contributed by atoms with E-state index in [-0.39, 0.29) is 29.5 Å². The first-order valence-electron chi connectivity index (χ1n) is 8.42. The van der Waals surface area contributed by atoms with Crippen molar-refractivity contribution in [1.29, 1.82) is 0 Å². The molecule has 130 valence electrons. The summed E-state index contributed by atoms with van der Waals surface area (Å²) >= 11 is 0. The van der Waals surface area contributed by atoms with E-state index >= 15 is 0 Å². The van der Waals surface area contributed by atoms with Crippen molar-refractivity contribution in [1.82, 2.24) is 0 Å². The number of halogens is 1. The maximum absolute atomic E-state index is 12.9. The van der Waals surface area contributed by atoms with Crippen LogP contribution in [0.25, 0.3) is 0 Å². The molecule has 0 bridgehead atoms. The summed E-state index contributed by atoms with van der Waals surface area (Å²) in [4.78, 5) is 24.6. The van der Waals surface area contributed by atoms with Crippen LogP contribution in [0, 0.1) is 17.7 Å². The van der Waals surface area contributed by atoms with Crippen molar-refractivity contribution in [3.63, 3.8) is 0 Å². The normalized spacial score (nSPS) is 18.7. The van der Waals surface area contributed by atoms with Crippen LogP contribution in [0.4, 0.5) is 15.8 Å². The van der Waals surface area contributed by atoms with Gasteiger partial charge in [-0.3, -0.25) is 9.59 Å². The standard InChI is InChI=1S/C20H21FN2O2/c1-12(2)15-5-3-4-6-18(15)23-20(25)17-11-16(17)19(24)22-14-9-7-13(21)8-10-14/h3-10,12,16-17H,11H2,1-2H3,(H,22,24)(H,23,25). The van der Waals surface area contributed by atoms with Crippen molar-refractivity contribution in [3.05, 3.63) is 59.9 Å². The number of rotatable bonds is 5. The zero-order valence-electron chi connectivity index (χ0n) is 14.3. The van der Waals surface area contributed by atoms with Gasteiger partial charge in [0.05, 0.1) is 11.8 Å². The third-order valence-corrected chi connectivity index (χ3v) is 4.42. The fourth-order valence-electron chi connectivity index (χ4n) is 2.88. The second kappa shape index (κ2) is 7.05. The second-order valence-corrected chi connectivity index (χ2v) is 6.68. The van der Waals surface area contributed by atoms with E-state index in [1.165, 1.54) is 24.3 Å². The lowest BCUT2D eigenvalue weighted by atomic mass is 10.0. The molecule has 0 saturated heterocycles. The number of benzene rings is 2. The third-order valence-electron chi connectivity index (χ3n) is 4.42. The molecule has 0 aromatic heterocycles. The second-order valence-electron chi connectivity index (χ2n) is 6.68. The third kappa shape index (κ3) is 4.05. The van der Waals surface area contributed by atoms with E-state index in [0.717, 1.165) is 11.3 Å². The summed E-state index contributed by atoms with van der Waals surface area (Å²) < 4.78 is 12.9. The summed E-state index contributed by atoms with van der Waals surface area (Å²) in [6.07, 6.45) is 0.530. The van der Waals surface area contributed by atoms with Crippen molar-refractivity contribution in [2.75, 3.05) is 10.6 Å². The molecule has 2 unspecified atom stereocenters. The fraction of sp³-hybridized carbons (Fsp3) is 0.300. The van der Waals surface area contributed by atoms with Crippen LogP contribution in [0.15, 0.2) is 48.5 Å². The lowest BCUT2D eigenvalue weighted by molar-refractivity contribution is -0.122. The fourth-order valence-corrected chi connectivity index (χ4v) is 2.88. The van der Waals surface area contributed by atoms with Gasteiger partial charge in [-0.2, -0.15) is 0 Å². The van der Waals surface area contributed by atoms with Crippen molar-refractivity contribution in [2.24, 2.45) is 11.8 Å². The Balaban J connectivity index is 1.59. The molecule has 2 aromatic carbocycles. The number of hydrogen-bond acceptors (Lipinski definition) is 2. The predicted molar refractivity (Wildman–Crippen MR) is 95.8 cm³/mol. The molecule has 1 saturated carbocycles. The van der Waals surface area contributed by atoms with Crippen LogP contribution in [0.2, 0.25) is 0 Å². The van der Waals surface area contributed by atoms with Crippen LogP contribution in [0.1, 0.15) is 31.7 Å². The van der Waals surface area contributed by atoms with Gasteiger partial charge in [0.15, 0.2) is 0 Å². The van der Waals surface area contributed by atoms with Gasteiger partial charge in [-0.05, 0) is 48.2 Å². The molecule has 1 fully saturated rings. The summed E-state index contributed by atoms with van der Waals surface area (Å²) in [5.41, 5.74) is 2.40. The van der Waals surface area contributed by atoms with Crippen LogP contribution >= 0.6 is 0 Å². The van der Waals surface area contributed by atoms with E-state index in [4.69, 9.17) is 0 Å². The highest BCUT2D eigenvalue weighted by Gasteiger charge is 2.48. The highest BCUT2D eigenvalue weighted by Crippen LogP contribution is 2.40. The van der Waals surface area contributed by atoms with Crippen LogP contribution in [-0.2, 0) is 9.59 Å². The van der Waals surface area contributed by atoms with Gasteiger partial charge in [-0.15, -0.1) is 0 Å². The lowest BCUT2D eigenvalue weighted by Gasteiger charge is -2.13. The summed E-state index contributed by atoms with van der Waals surface area (Å²) in [6.45, 7) is 4.14. The monoisotopic (exact) mass is 340 g/mol. The first kappa shape index (κ1) is 17.1. The maximum Gasteiger partial charge on any atom is 0.228 e. The summed E-state index contributed by atoms with van der Waals surface area (Å²) in [6, 6.07) is 13.3. The molecule has 2 amide bonds. The Hall–Kier alpha value is -2.69. The van der Waals surface area contributed by atoms with E-state index < -0.39 is 0 Å². The van der Waals surface area contributed by atoms with Crippen LogP contribution in [0.3, 0.4) is 0 Å². The highest BCUT2D eigenvalue weighted by molar-refractivity contribution is 6.03.